The Hall–Kier alpha value is -2.57. The average Bonchev–Trinajstić information content (AvgIpc) is 2.83. The maximum Gasteiger partial charge on any atom is 0.268 e. The van der Waals surface area contributed by atoms with Gasteiger partial charge in [-0.15, -0.1) is 0 Å². The number of benzene rings is 1. The molecular weight excluding hydrogens is 261 g/mol. The third kappa shape index (κ3) is 2.10. The number of halogens is 3. The summed E-state index contributed by atoms with van der Waals surface area (Å²) in [5.41, 5.74) is 3.67. The van der Waals surface area contributed by atoms with Crippen LogP contribution in [0.15, 0.2) is 30.5 Å². The van der Waals surface area contributed by atoms with E-state index in [1.165, 1.54) is 12.1 Å². The molecule has 0 aliphatic rings. The number of hydrogen-bond acceptors (Lipinski definition) is 2. The molecule has 0 aliphatic carbocycles. The quantitative estimate of drug-likeness (QED) is 0.842. The summed E-state index contributed by atoms with van der Waals surface area (Å²) in [6.07, 6.45) is 1.10. The van der Waals surface area contributed by atoms with Gasteiger partial charge in [0, 0.05) is 6.20 Å². The Morgan fingerprint density at radius 1 is 1.05 bits per heavy atom. The molecule has 0 saturated carbocycles. The van der Waals surface area contributed by atoms with Gasteiger partial charge in [0.1, 0.15) is 17.1 Å². The summed E-state index contributed by atoms with van der Waals surface area (Å²) in [5, 5.41) is 0. The summed E-state index contributed by atoms with van der Waals surface area (Å²) in [4.78, 5) is 23.0. The van der Waals surface area contributed by atoms with Crippen LogP contribution >= 0.6 is 0 Å². The Balaban J connectivity index is 2.60. The number of rotatable bonds is 2. The first-order valence-electron chi connectivity index (χ1n) is 5.09. The number of carbonyl (C=O) groups excluding carboxylic acids is 2. The van der Waals surface area contributed by atoms with E-state index in [4.69, 9.17) is 5.73 Å². The van der Waals surface area contributed by atoms with Gasteiger partial charge in [0.15, 0.2) is 11.6 Å². The van der Waals surface area contributed by atoms with E-state index in [1.807, 2.05) is 0 Å². The number of hydrogen-bond donors (Lipinski definition) is 1. The third-order valence-corrected chi connectivity index (χ3v) is 2.48. The van der Waals surface area contributed by atoms with E-state index in [9.17, 15) is 22.8 Å². The van der Waals surface area contributed by atoms with Crippen molar-refractivity contribution in [2.45, 2.75) is 0 Å². The maximum absolute atomic E-state index is 13.5. The fourth-order valence-corrected chi connectivity index (χ4v) is 1.60. The molecule has 4 nitrogen and oxygen atoms in total. The highest BCUT2D eigenvalue weighted by Crippen LogP contribution is 2.18. The summed E-state index contributed by atoms with van der Waals surface area (Å²) in [7, 11) is 0. The lowest BCUT2D eigenvalue weighted by atomic mass is 10.1. The van der Waals surface area contributed by atoms with Gasteiger partial charge in [0.25, 0.3) is 11.8 Å². The topological polar surface area (TPSA) is 65.1 Å². The summed E-state index contributed by atoms with van der Waals surface area (Å²) < 4.78 is 40.6. The van der Waals surface area contributed by atoms with Crippen molar-refractivity contribution in [2.75, 3.05) is 0 Å². The Bertz CT molecular complexity index is 680. The first-order valence-corrected chi connectivity index (χ1v) is 5.09. The molecule has 2 aromatic rings. The molecule has 1 aromatic carbocycles. The molecule has 19 heavy (non-hydrogen) atoms. The van der Waals surface area contributed by atoms with E-state index in [0.717, 1.165) is 6.20 Å². The predicted octanol–water partition coefficient (Wildman–Crippen LogP) is 1.69. The SMILES string of the molecule is NC(=O)c1cccn1C(=O)c1c(F)ccc(F)c1F. The number of amides is 1. The molecule has 0 radical (unpaired) electrons. The number of aromatic nitrogens is 1. The summed E-state index contributed by atoms with van der Waals surface area (Å²) >= 11 is 0. The van der Waals surface area contributed by atoms with E-state index < -0.39 is 34.8 Å². The summed E-state index contributed by atoms with van der Waals surface area (Å²) in [5.74, 6) is -6.37. The Labute approximate surface area is 105 Å². The number of nitrogens with zero attached hydrogens (tertiary/aromatic N) is 1. The minimum Gasteiger partial charge on any atom is -0.364 e. The molecule has 0 spiro atoms. The van der Waals surface area contributed by atoms with Crippen LogP contribution in [-0.4, -0.2) is 16.4 Å². The van der Waals surface area contributed by atoms with Crippen LogP contribution in [0.5, 0.6) is 0 Å². The molecule has 0 aliphatic heterocycles. The van der Waals surface area contributed by atoms with Crippen molar-refractivity contribution >= 4 is 11.8 Å². The Morgan fingerprint density at radius 3 is 2.32 bits per heavy atom. The standard InChI is InChI=1S/C12H7F3N2O2/c13-6-3-4-7(14)10(15)9(6)12(19)17-5-1-2-8(17)11(16)18/h1-5H,(H2,16,18). The van der Waals surface area contributed by atoms with Crippen LogP contribution in [0, 0.1) is 17.5 Å². The molecule has 0 bridgehead atoms. The van der Waals surface area contributed by atoms with Crippen molar-refractivity contribution in [1.29, 1.82) is 0 Å². The second kappa shape index (κ2) is 4.60. The van der Waals surface area contributed by atoms with Gasteiger partial charge in [-0.2, -0.15) is 0 Å². The fourth-order valence-electron chi connectivity index (χ4n) is 1.60. The van der Waals surface area contributed by atoms with Gasteiger partial charge >= 0.3 is 0 Å². The Morgan fingerprint density at radius 2 is 1.68 bits per heavy atom. The lowest BCUT2D eigenvalue weighted by Gasteiger charge is -2.08. The molecule has 1 amide bonds. The molecule has 1 heterocycles. The molecule has 2 rings (SSSR count). The Kier molecular flexibility index (Phi) is 3.12. The number of nitrogens with two attached hydrogens (primary N) is 1. The van der Waals surface area contributed by atoms with Gasteiger partial charge in [-0.3, -0.25) is 14.2 Å². The third-order valence-electron chi connectivity index (χ3n) is 2.48. The molecule has 1 aromatic heterocycles. The van der Waals surface area contributed by atoms with Gasteiger partial charge < -0.3 is 5.73 Å². The van der Waals surface area contributed by atoms with E-state index in [1.54, 1.807) is 0 Å². The van der Waals surface area contributed by atoms with Gasteiger partial charge in [0.2, 0.25) is 0 Å². The molecule has 0 fully saturated rings. The normalized spacial score (nSPS) is 10.5. The average molecular weight is 268 g/mol. The van der Waals surface area contributed by atoms with E-state index >= 15 is 0 Å². The van der Waals surface area contributed by atoms with Crippen molar-refractivity contribution in [1.82, 2.24) is 4.57 Å². The van der Waals surface area contributed by atoms with Crippen molar-refractivity contribution in [3.05, 3.63) is 59.2 Å². The highest BCUT2D eigenvalue weighted by atomic mass is 19.2. The first-order chi connectivity index (χ1) is 8.93. The van der Waals surface area contributed by atoms with Gasteiger partial charge in [0.05, 0.1) is 0 Å². The lowest BCUT2D eigenvalue weighted by molar-refractivity contribution is 0.0916. The highest BCUT2D eigenvalue weighted by molar-refractivity contribution is 6.02. The fraction of sp³-hybridized carbons (Fsp3) is 0. The van der Waals surface area contributed by atoms with Gasteiger partial charge in [-0.25, -0.2) is 13.2 Å². The molecule has 0 unspecified atom stereocenters. The lowest BCUT2D eigenvalue weighted by Crippen LogP contribution is -2.23. The van der Waals surface area contributed by atoms with Crippen molar-refractivity contribution in [3.8, 4) is 0 Å². The zero-order valence-electron chi connectivity index (χ0n) is 9.36. The second-order valence-corrected chi connectivity index (χ2v) is 3.65. The zero-order chi connectivity index (χ0) is 14.2. The molecule has 98 valence electrons. The second-order valence-electron chi connectivity index (χ2n) is 3.65. The van der Waals surface area contributed by atoms with Crippen LogP contribution in [0.4, 0.5) is 13.2 Å². The predicted molar refractivity (Wildman–Crippen MR) is 59.0 cm³/mol. The first kappa shape index (κ1) is 12.9. The zero-order valence-corrected chi connectivity index (χ0v) is 9.36. The molecule has 0 atom stereocenters. The van der Waals surface area contributed by atoms with Crippen molar-refractivity contribution in [3.63, 3.8) is 0 Å². The van der Waals surface area contributed by atoms with Crippen LogP contribution in [0.1, 0.15) is 20.8 Å². The highest BCUT2D eigenvalue weighted by Gasteiger charge is 2.24. The van der Waals surface area contributed by atoms with Crippen LogP contribution in [0.3, 0.4) is 0 Å². The molecule has 2 N–H and O–H groups in total. The van der Waals surface area contributed by atoms with Gasteiger partial charge in [-0.1, -0.05) is 0 Å². The smallest absolute Gasteiger partial charge is 0.268 e. The van der Waals surface area contributed by atoms with Crippen LogP contribution in [0.25, 0.3) is 0 Å². The van der Waals surface area contributed by atoms with Gasteiger partial charge in [-0.05, 0) is 24.3 Å². The van der Waals surface area contributed by atoms with E-state index in [-0.39, 0.29) is 5.69 Å². The molecule has 0 saturated heterocycles. The monoisotopic (exact) mass is 268 g/mol. The number of primary amides is 1. The number of carbonyl (C=O) groups is 2. The van der Waals surface area contributed by atoms with Crippen molar-refractivity contribution < 1.29 is 22.8 Å². The molecule has 7 heteroatoms. The van der Waals surface area contributed by atoms with E-state index in [0.29, 0.717) is 16.7 Å². The molecular formula is C12H7F3N2O2. The maximum atomic E-state index is 13.5. The van der Waals surface area contributed by atoms with Crippen LogP contribution in [-0.2, 0) is 0 Å². The largest absolute Gasteiger partial charge is 0.364 e. The van der Waals surface area contributed by atoms with Crippen molar-refractivity contribution in [2.24, 2.45) is 5.73 Å². The van der Waals surface area contributed by atoms with E-state index in [2.05, 4.69) is 0 Å². The van der Waals surface area contributed by atoms with Crippen LogP contribution < -0.4 is 5.73 Å². The summed E-state index contributed by atoms with van der Waals surface area (Å²) in [6.45, 7) is 0. The summed E-state index contributed by atoms with van der Waals surface area (Å²) in [6, 6.07) is 3.69. The minimum atomic E-state index is -1.62. The minimum absolute atomic E-state index is 0.256. The van der Waals surface area contributed by atoms with Crippen LogP contribution in [0.2, 0.25) is 0 Å².